The number of carbonyl (C=O) groups excluding carboxylic acids is 1. The van der Waals surface area contributed by atoms with E-state index >= 15 is 0 Å². The average Bonchev–Trinajstić information content (AvgIpc) is 3.12. The molecule has 0 saturated heterocycles. The van der Waals surface area contributed by atoms with Crippen molar-refractivity contribution in [3.8, 4) is 11.3 Å². The molecule has 30 heavy (non-hydrogen) atoms. The Bertz CT molecular complexity index is 1040. The van der Waals surface area contributed by atoms with Gasteiger partial charge in [-0.2, -0.15) is 0 Å². The number of halogens is 1. The largest absolute Gasteiger partial charge is 0.372 e. The number of ether oxygens (including phenoxy) is 1. The normalized spacial score (nSPS) is 14.3. The third kappa shape index (κ3) is 3.93. The summed E-state index contributed by atoms with van der Waals surface area (Å²) in [5.41, 5.74) is 3.67. The number of aryl methyl sites for hydroxylation is 1. The average molecular weight is 408 g/mol. The van der Waals surface area contributed by atoms with E-state index in [1.165, 1.54) is 24.8 Å². The Labute approximate surface area is 175 Å². The fourth-order valence-electron chi connectivity index (χ4n) is 3.59. The molecule has 0 spiro atoms. The molecule has 0 saturated carbocycles. The second-order valence-electron chi connectivity index (χ2n) is 7.51. The molecule has 1 aromatic heterocycles. The first-order valence-electron chi connectivity index (χ1n) is 9.97. The number of aromatic nitrogens is 2. The van der Waals surface area contributed by atoms with Crippen LogP contribution in [-0.2, 0) is 22.6 Å². The van der Waals surface area contributed by atoms with E-state index in [0.29, 0.717) is 19.6 Å². The van der Waals surface area contributed by atoms with Crippen LogP contribution >= 0.6 is 0 Å². The minimum Gasteiger partial charge on any atom is -0.372 e. The SMILES string of the molecule is CO[C@@H](C)C(=O)N1CCn2c(nc(-c3ccc(F)cc3)c2Nc2ccc(C)cc2)C1. The molecule has 1 aliphatic rings. The molecule has 3 aromatic rings. The van der Waals surface area contributed by atoms with Gasteiger partial charge in [0.1, 0.15) is 29.3 Å². The van der Waals surface area contributed by atoms with Crippen molar-refractivity contribution in [2.24, 2.45) is 0 Å². The summed E-state index contributed by atoms with van der Waals surface area (Å²) in [5.74, 6) is 1.28. The van der Waals surface area contributed by atoms with Gasteiger partial charge in [-0.25, -0.2) is 9.37 Å². The molecule has 0 aliphatic carbocycles. The predicted octanol–water partition coefficient (Wildman–Crippen LogP) is 4.12. The van der Waals surface area contributed by atoms with Crippen LogP contribution < -0.4 is 5.32 Å². The number of hydrogen-bond donors (Lipinski definition) is 1. The maximum Gasteiger partial charge on any atom is 0.251 e. The van der Waals surface area contributed by atoms with Gasteiger partial charge in [-0.3, -0.25) is 4.79 Å². The monoisotopic (exact) mass is 408 g/mol. The van der Waals surface area contributed by atoms with E-state index in [9.17, 15) is 9.18 Å². The number of nitrogens with zero attached hydrogens (tertiary/aromatic N) is 3. The summed E-state index contributed by atoms with van der Waals surface area (Å²) in [6, 6.07) is 14.4. The Balaban J connectivity index is 1.72. The Kier molecular flexibility index (Phi) is 5.55. The van der Waals surface area contributed by atoms with Crippen molar-refractivity contribution in [2.45, 2.75) is 33.0 Å². The highest BCUT2D eigenvalue weighted by atomic mass is 19.1. The van der Waals surface area contributed by atoms with Crippen molar-refractivity contribution in [2.75, 3.05) is 19.0 Å². The highest BCUT2D eigenvalue weighted by Crippen LogP contribution is 2.33. The van der Waals surface area contributed by atoms with Crippen molar-refractivity contribution >= 4 is 17.4 Å². The van der Waals surface area contributed by atoms with Gasteiger partial charge < -0.3 is 19.5 Å². The quantitative estimate of drug-likeness (QED) is 0.690. The molecule has 0 fully saturated rings. The van der Waals surface area contributed by atoms with Crippen LogP contribution in [0.3, 0.4) is 0 Å². The molecule has 2 heterocycles. The van der Waals surface area contributed by atoms with Crippen LogP contribution in [0.25, 0.3) is 11.3 Å². The van der Waals surface area contributed by atoms with Gasteiger partial charge in [0.15, 0.2) is 0 Å². The van der Waals surface area contributed by atoms with Crippen LogP contribution in [0.4, 0.5) is 15.9 Å². The fourth-order valence-corrected chi connectivity index (χ4v) is 3.59. The highest BCUT2D eigenvalue weighted by molar-refractivity contribution is 5.81. The lowest BCUT2D eigenvalue weighted by Gasteiger charge is -2.30. The van der Waals surface area contributed by atoms with Crippen LogP contribution in [0, 0.1) is 12.7 Å². The number of fused-ring (bicyclic) bond motifs is 1. The van der Waals surface area contributed by atoms with Gasteiger partial charge in [0.05, 0.1) is 6.54 Å². The standard InChI is InChI=1S/C23H25FN4O2/c1-15-4-10-19(11-5-15)25-22-21(17-6-8-18(24)9-7-17)26-20-14-27(12-13-28(20)22)23(29)16(2)30-3/h4-11,16,25H,12-14H2,1-3H3/t16-/m0/s1. The number of anilines is 2. The van der Waals surface area contributed by atoms with E-state index in [4.69, 9.17) is 9.72 Å². The van der Waals surface area contributed by atoms with Crippen LogP contribution in [0.1, 0.15) is 18.3 Å². The molecule has 6 nitrogen and oxygen atoms in total. The van der Waals surface area contributed by atoms with Crippen LogP contribution in [0.15, 0.2) is 48.5 Å². The first-order chi connectivity index (χ1) is 14.5. The van der Waals surface area contributed by atoms with Crippen molar-refractivity contribution in [1.29, 1.82) is 0 Å². The summed E-state index contributed by atoms with van der Waals surface area (Å²) >= 11 is 0. The Morgan fingerprint density at radius 2 is 1.83 bits per heavy atom. The van der Waals surface area contributed by atoms with Gasteiger partial charge in [-0.1, -0.05) is 17.7 Å². The Hall–Kier alpha value is -3.19. The zero-order valence-corrected chi connectivity index (χ0v) is 17.4. The number of benzene rings is 2. The van der Waals surface area contributed by atoms with E-state index in [1.807, 2.05) is 31.2 Å². The summed E-state index contributed by atoms with van der Waals surface area (Å²) in [4.78, 5) is 19.2. The minimum atomic E-state index is -0.492. The summed E-state index contributed by atoms with van der Waals surface area (Å²) in [7, 11) is 1.53. The molecule has 1 N–H and O–H groups in total. The summed E-state index contributed by atoms with van der Waals surface area (Å²) in [6.45, 7) is 5.37. The number of hydrogen-bond acceptors (Lipinski definition) is 4. The number of amides is 1. The first kappa shape index (κ1) is 20.1. The molecule has 1 atom stereocenters. The molecular formula is C23H25FN4O2. The molecule has 1 amide bonds. The second kappa shape index (κ2) is 8.28. The van der Waals surface area contributed by atoms with E-state index in [2.05, 4.69) is 9.88 Å². The van der Waals surface area contributed by atoms with E-state index in [1.54, 1.807) is 24.0 Å². The number of methoxy groups -OCH3 is 1. The smallest absolute Gasteiger partial charge is 0.251 e. The number of nitrogens with one attached hydrogen (secondary N) is 1. The van der Waals surface area contributed by atoms with Gasteiger partial charge >= 0.3 is 0 Å². The number of carbonyl (C=O) groups is 1. The van der Waals surface area contributed by atoms with Gasteiger partial charge in [-0.15, -0.1) is 0 Å². The molecular weight excluding hydrogens is 383 g/mol. The molecule has 0 radical (unpaired) electrons. The predicted molar refractivity (Wildman–Crippen MR) is 114 cm³/mol. The number of imidazole rings is 1. The summed E-state index contributed by atoms with van der Waals surface area (Å²) < 4.78 is 20.7. The molecule has 0 bridgehead atoms. The summed E-state index contributed by atoms with van der Waals surface area (Å²) in [6.07, 6.45) is -0.492. The Morgan fingerprint density at radius 1 is 1.13 bits per heavy atom. The maximum absolute atomic E-state index is 13.5. The maximum atomic E-state index is 13.5. The zero-order chi connectivity index (χ0) is 21.3. The van der Waals surface area contributed by atoms with Crippen LogP contribution in [0.2, 0.25) is 0 Å². The third-order valence-electron chi connectivity index (χ3n) is 5.42. The van der Waals surface area contributed by atoms with E-state index in [0.717, 1.165) is 28.6 Å². The lowest BCUT2D eigenvalue weighted by atomic mass is 10.1. The van der Waals surface area contributed by atoms with E-state index < -0.39 is 6.10 Å². The number of rotatable bonds is 5. The van der Waals surface area contributed by atoms with Crippen molar-refractivity contribution in [1.82, 2.24) is 14.5 Å². The topological polar surface area (TPSA) is 59.4 Å². The van der Waals surface area contributed by atoms with Gasteiger partial charge in [0, 0.05) is 31.5 Å². The van der Waals surface area contributed by atoms with Gasteiger partial charge in [-0.05, 0) is 50.2 Å². The summed E-state index contributed by atoms with van der Waals surface area (Å²) in [5, 5.41) is 3.48. The van der Waals surface area contributed by atoms with Crippen molar-refractivity contribution in [3.05, 3.63) is 65.7 Å². The van der Waals surface area contributed by atoms with Gasteiger partial charge in [0.2, 0.25) is 0 Å². The third-order valence-corrected chi connectivity index (χ3v) is 5.42. The van der Waals surface area contributed by atoms with Crippen molar-refractivity contribution < 1.29 is 13.9 Å². The molecule has 0 unspecified atom stereocenters. The van der Waals surface area contributed by atoms with Crippen molar-refractivity contribution in [3.63, 3.8) is 0 Å². The zero-order valence-electron chi connectivity index (χ0n) is 17.4. The van der Waals surface area contributed by atoms with Crippen LogP contribution in [-0.4, -0.2) is 40.1 Å². The lowest BCUT2D eigenvalue weighted by molar-refractivity contribution is -0.142. The highest BCUT2D eigenvalue weighted by Gasteiger charge is 2.29. The lowest BCUT2D eigenvalue weighted by Crippen LogP contribution is -2.43. The first-order valence-corrected chi connectivity index (χ1v) is 9.97. The molecule has 156 valence electrons. The molecule has 7 heteroatoms. The van der Waals surface area contributed by atoms with E-state index in [-0.39, 0.29) is 11.7 Å². The molecule has 4 rings (SSSR count). The Morgan fingerprint density at radius 3 is 2.50 bits per heavy atom. The second-order valence-corrected chi connectivity index (χ2v) is 7.51. The fraction of sp³-hybridized carbons (Fsp3) is 0.304. The molecule has 1 aliphatic heterocycles. The minimum absolute atomic E-state index is 0.0527. The van der Waals surface area contributed by atoms with Crippen LogP contribution in [0.5, 0.6) is 0 Å². The molecule has 2 aromatic carbocycles. The van der Waals surface area contributed by atoms with Gasteiger partial charge in [0.25, 0.3) is 5.91 Å².